The Hall–Kier alpha value is -2.08. The fourth-order valence-corrected chi connectivity index (χ4v) is 2.65. The van der Waals surface area contributed by atoms with Crippen molar-refractivity contribution in [1.82, 2.24) is 5.32 Å². The van der Waals surface area contributed by atoms with Crippen LogP contribution in [-0.4, -0.2) is 35.5 Å². The molecule has 0 spiro atoms. The monoisotopic (exact) mass is 324 g/mol. The topological polar surface area (TPSA) is 86.7 Å². The SMILES string of the molecule is CCC(NC(=O)C1CC(=O)N(c2ccccc2Cl)C1)C(=O)O. The second-order valence-corrected chi connectivity index (χ2v) is 5.57. The molecule has 0 bridgehead atoms. The molecule has 6 nitrogen and oxygen atoms in total. The van der Waals surface area contributed by atoms with Gasteiger partial charge in [0.2, 0.25) is 11.8 Å². The molecule has 2 N–H and O–H groups in total. The summed E-state index contributed by atoms with van der Waals surface area (Å²) in [6.07, 6.45) is 0.336. The highest BCUT2D eigenvalue weighted by atomic mass is 35.5. The van der Waals surface area contributed by atoms with Gasteiger partial charge in [-0.15, -0.1) is 0 Å². The summed E-state index contributed by atoms with van der Waals surface area (Å²) in [6, 6.07) is 5.98. The zero-order chi connectivity index (χ0) is 16.3. The highest BCUT2D eigenvalue weighted by Gasteiger charge is 2.36. The van der Waals surface area contributed by atoms with Crippen LogP contribution in [0, 0.1) is 5.92 Å². The number of rotatable bonds is 5. The van der Waals surface area contributed by atoms with Gasteiger partial charge in [-0.2, -0.15) is 0 Å². The van der Waals surface area contributed by atoms with Crippen LogP contribution in [0.4, 0.5) is 5.69 Å². The Morgan fingerprint density at radius 3 is 2.73 bits per heavy atom. The number of benzene rings is 1. The summed E-state index contributed by atoms with van der Waals surface area (Å²) < 4.78 is 0. The molecular weight excluding hydrogens is 308 g/mol. The Morgan fingerprint density at radius 1 is 1.45 bits per heavy atom. The molecule has 7 heteroatoms. The molecule has 2 rings (SSSR count). The second kappa shape index (κ2) is 6.79. The van der Waals surface area contributed by atoms with Gasteiger partial charge in [-0.1, -0.05) is 30.7 Å². The Bertz CT molecular complexity index is 605. The molecule has 2 atom stereocenters. The molecule has 1 aliphatic rings. The minimum Gasteiger partial charge on any atom is -0.480 e. The van der Waals surface area contributed by atoms with Gasteiger partial charge in [0.25, 0.3) is 0 Å². The van der Waals surface area contributed by atoms with Crippen LogP contribution in [0.15, 0.2) is 24.3 Å². The van der Waals surface area contributed by atoms with Crippen molar-refractivity contribution < 1.29 is 19.5 Å². The van der Waals surface area contributed by atoms with Crippen molar-refractivity contribution in [3.05, 3.63) is 29.3 Å². The third kappa shape index (κ3) is 3.39. The number of anilines is 1. The molecule has 1 saturated heterocycles. The van der Waals surface area contributed by atoms with Crippen molar-refractivity contribution >= 4 is 35.1 Å². The van der Waals surface area contributed by atoms with E-state index >= 15 is 0 Å². The molecule has 1 heterocycles. The van der Waals surface area contributed by atoms with Gasteiger partial charge in [0.05, 0.1) is 16.6 Å². The van der Waals surface area contributed by atoms with E-state index in [-0.39, 0.29) is 25.3 Å². The standard InChI is InChI=1S/C15H17ClN2O4/c1-2-11(15(21)22)17-14(20)9-7-13(19)18(8-9)12-6-4-3-5-10(12)16/h3-6,9,11H,2,7-8H2,1H3,(H,17,20)(H,21,22). The van der Waals surface area contributed by atoms with E-state index in [1.807, 2.05) is 0 Å². The minimum atomic E-state index is -1.08. The number of para-hydroxylation sites is 1. The number of nitrogens with zero attached hydrogens (tertiary/aromatic N) is 1. The van der Waals surface area contributed by atoms with Crippen LogP contribution >= 0.6 is 11.6 Å². The molecule has 2 unspecified atom stereocenters. The molecule has 0 aliphatic carbocycles. The highest BCUT2D eigenvalue weighted by molar-refractivity contribution is 6.33. The van der Waals surface area contributed by atoms with Crippen molar-refractivity contribution in [2.24, 2.45) is 5.92 Å². The van der Waals surface area contributed by atoms with Crippen molar-refractivity contribution in [1.29, 1.82) is 0 Å². The van der Waals surface area contributed by atoms with Crippen LogP contribution < -0.4 is 10.2 Å². The molecule has 0 saturated carbocycles. The number of carbonyl (C=O) groups is 3. The molecule has 2 amide bonds. The van der Waals surface area contributed by atoms with Gasteiger partial charge < -0.3 is 15.3 Å². The summed E-state index contributed by atoms with van der Waals surface area (Å²) in [6.45, 7) is 1.87. The van der Waals surface area contributed by atoms with Crippen molar-refractivity contribution in [3.8, 4) is 0 Å². The van der Waals surface area contributed by atoms with E-state index in [2.05, 4.69) is 5.32 Å². The first-order valence-corrected chi connectivity index (χ1v) is 7.40. The second-order valence-electron chi connectivity index (χ2n) is 5.16. The average molecular weight is 325 g/mol. The molecule has 1 aromatic rings. The zero-order valence-corrected chi connectivity index (χ0v) is 12.8. The number of hydrogen-bond donors (Lipinski definition) is 2. The summed E-state index contributed by atoms with van der Waals surface area (Å²) in [5.41, 5.74) is 0.565. The average Bonchev–Trinajstić information content (AvgIpc) is 2.86. The fourth-order valence-electron chi connectivity index (χ4n) is 2.41. The third-order valence-corrected chi connectivity index (χ3v) is 3.98. The summed E-state index contributed by atoms with van der Waals surface area (Å²) >= 11 is 6.07. The number of carboxylic acids is 1. The first kappa shape index (κ1) is 16.3. The van der Waals surface area contributed by atoms with E-state index in [1.165, 1.54) is 4.90 Å². The Morgan fingerprint density at radius 2 is 2.14 bits per heavy atom. The molecule has 1 aliphatic heterocycles. The molecule has 0 radical (unpaired) electrons. The number of amides is 2. The predicted octanol–water partition coefficient (Wildman–Crippen LogP) is 1.67. The van der Waals surface area contributed by atoms with Crippen molar-refractivity contribution in [3.63, 3.8) is 0 Å². The van der Waals surface area contributed by atoms with Crippen LogP contribution in [0.25, 0.3) is 0 Å². The van der Waals surface area contributed by atoms with E-state index in [0.29, 0.717) is 10.7 Å². The molecular formula is C15H17ClN2O4. The van der Waals surface area contributed by atoms with Crippen LogP contribution in [0.5, 0.6) is 0 Å². The van der Waals surface area contributed by atoms with E-state index in [4.69, 9.17) is 16.7 Å². The lowest BCUT2D eigenvalue weighted by Crippen LogP contribution is -2.43. The van der Waals surface area contributed by atoms with Gasteiger partial charge in [0, 0.05) is 13.0 Å². The lowest BCUT2D eigenvalue weighted by atomic mass is 10.1. The maximum Gasteiger partial charge on any atom is 0.326 e. The predicted molar refractivity (Wildman–Crippen MR) is 81.8 cm³/mol. The number of carbonyl (C=O) groups excluding carboxylic acids is 2. The molecule has 1 aromatic carbocycles. The fraction of sp³-hybridized carbons (Fsp3) is 0.400. The van der Waals surface area contributed by atoms with Crippen molar-refractivity contribution in [2.75, 3.05) is 11.4 Å². The quantitative estimate of drug-likeness (QED) is 0.862. The van der Waals surface area contributed by atoms with Crippen molar-refractivity contribution in [2.45, 2.75) is 25.8 Å². The molecule has 118 valence electrons. The largest absolute Gasteiger partial charge is 0.480 e. The summed E-state index contributed by atoms with van der Waals surface area (Å²) in [7, 11) is 0. The minimum absolute atomic E-state index is 0.0487. The Balaban J connectivity index is 2.08. The number of carboxylic acid groups (broad SMARTS) is 1. The Kier molecular flexibility index (Phi) is 5.03. The summed E-state index contributed by atoms with van der Waals surface area (Å²) in [5, 5.41) is 11.9. The maximum atomic E-state index is 12.1. The van der Waals surface area contributed by atoms with Gasteiger partial charge in [0.1, 0.15) is 6.04 Å². The first-order valence-electron chi connectivity index (χ1n) is 7.02. The van der Waals surface area contributed by atoms with Gasteiger partial charge >= 0.3 is 5.97 Å². The number of nitrogens with one attached hydrogen (secondary N) is 1. The van der Waals surface area contributed by atoms with Gasteiger partial charge in [-0.25, -0.2) is 4.79 Å². The van der Waals surface area contributed by atoms with Gasteiger partial charge in [-0.3, -0.25) is 9.59 Å². The van der Waals surface area contributed by atoms with E-state index in [9.17, 15) is 14.4 Å². The van der Waals surface area contributed by atoms with Crippen LogP contribution in [-0.2, 0) is 14.4 Å². The number of hydrogen-bond acceptors (Lipinski definition) is 3. The van der Waals surface area contributed by atoms with Crippen LogP contribution in [0.3, 0.4) is 0 Å². The number of aliphatic carboxylic acids is 1. The molecule has 1 fully saturated rings. The third-order valence-electron chi connectivity index (χ3n) is 3.66. The molecule has 22 heavy (non-hydrogen) atoms. The summed E-state index contributed by atoms with van der Waals surface area (Å²) in [4.78, 5) is 36.7. The highest BCUT2D eigenvalue weighted by Crippen LogP contribution is 2.31. The smallest absolute Gasteiger partial charge is 0.326 e. The first-order chi connectivity index (χ1) is 10.4. The van der Waals surface area contributed by atoms with Gasteiger partial charge in [0.15, 0.2) is 0 Å². The lowest BCUT2D eigenvalue weighted by Gasteiger charge is -2.19. The lowest BCUT2D eigenvalue weighted by molar-refractivity contribution is -0.142. The Labute approximate surface area is 133 Å². The summed E-state index contributed by atoms with van der Waals surface area (Å²) in [5.74, 6) is -2.27. The van der Waals surface area contributed by atoms with E-state index in [0.717, 1.165) is 0 Å². The normalized spacial score (nSPS) is 19.1. The van der Waals surface area contributed by atoms with Gasteiger partial charge in [-0.05, 0) is 18.6 Å². The number of halogens is 1. The molecule has 0 aromatic heterocycles. The van der Waals surface area contributed by atoms with Crippen LogP contribution in [0.2, 0.25) is 5.02 Å². The zero-order valence-electron chi connectivity index (χ0n) is 12.1. The van der Waals surface area contributed by atoms with E-state index in [1.54, 1.807) is 31.2 Å². The maximum absolute atomic E-state index is 12.1. The van der Waals surface area contributed by atoms with E-state index < -0.39 is 23.8 Å². The van der Waals surface area contributed by atoms with Crippen LogP contribution in [0.1, 0.15) is 19.8 Å².